The van der Waals surface area contributed by atoms with Gasteiger partial charge in [0.1, 0.15) is 5.75 Å². The van der Waals surface area contributed by atoms with E-state index >= 15 is 0 Å². The van der Waals surface area contributed by atoms with Crippen LogP contribution in [0.2, 0.25) is 0 Å². The Labute approximate surface area is 176 Å². The number of ether oxygens (including phenoxy) is 3. The highest BCUT2D eigenvalue weighted by atomic mass is 16.5. The van der Waals surface area contributed by atoms with E-state index in [1.54, 1.807) is 26.2 Å². The summed E-state index contributed by atoms with van der Waals surface area (Å²) in [4.78, 5) is 26.7. The molecule has 1 atom stereocenters. The van der Waals surface area contributed by atoms with Crippen LogP contribution in [0.1, 0.15) is 17.5 Å². The molecule has 2 aromatic rings. The number of methoxy groups -OCH3 is 3. The molecule has 0 unspecified atom stereocenters. The molecule has 0 aromatic heterocycles. The highest BCUT2D eigenvalue weighted by Gasteiger charge is 2.33. The minimum atomic E-state index is -0.336. The van der Waals surface area contributed by atoms with Crippen molar-refractivity contribution >= 4 is 11.8 Å². The molecule has 160 valence electrons. The summed E-state index contributed by atoms with van der Waals surface area (Å²) in [6.45, 7) is 1.37. The number of amides is 2. The van der Waals surface area contributed by atoms with Gasteiger partial charge in [-0.25, -0.2) is 0 Å². The van der Waals surface area contributed by atoms with Crippen LogP contribution in [0.15, 0.2) is 42.5 Å². The van der Waals surface area contributed by atoms with Gasteiger partial charge in [0.15, 0.2) is 11.5 Å². The Morgan fingerprint density at radius 2 is 1.77 bits per heavy atom. The summed E-state index contributed by atoms with van der Waals surface area (Å²) in [5, 5.41) is 2.93. The second-order valence-corrected chi connectivity index (χ2v) is 7.21. The highest BCUT2D eigenvalue weighted by Crippen LogP contribution is 2.28. The van der Waals surface area contributed by atoms with Gasteiger partial charge in [-0.15, -0.1) is 0 Å². The molecule has 1 heterocycles. The minimum absolute atomic E-state index is 0.00733. The molecule has 3 rings (SSSR count). The van der Waals surface area contributed by atoms with Gasteiger partial charge in [-0.05, 0) is 30.2 Å². The molecule has 0 spiro atoms. The summed E-state index contributed by atoms with van der Waals surface area (Å²) < 4.78 is 15.9. The van der Waals surface area contributed by atoms with Crippen molar-refractivity contribution in [2.45, 2.75) is 19.4 Å². The summed E-state index contributed by atoms with van der Waals surface area (Å²) in [7, 11) is 4.80. The first-order chi connectivity index (χ1) is 14.5. The maximum Gasteiger partial charge on any atom is 0.225 e. The van der Waals surface area contributed by atoms with E-state index in [2.05, 4.69) is 5.32 Å². The number of para-hydroxylation sites is 1. The number of rotatable bonds is 9. The molecule has 7 heteroatoms. The monoisotopic (exact) mass is 412 g/mol. The SMILES string of the molecule is COc1ccccc1CNC(=O)[C@H]1CC(=O)N(CCc2ccc(OC)c(OC)c2)C1. The molecule has 0 aliphatic carbocycles. The van der Waals surface area contributed by atoms with Crippen LogP contribution in [-0.4, -0.2) is 51.1 Å². The fourth-order valence-corrected chi connectivity index (χ4v) is 3.64. The molecule has 1 N–H and O–H groups in total. The maximum absolute atomic E-state index is 12.6. The minimum Gasteiger partial charge on any atom is -0.496 e. The molecule has 0 radical (unpaired) electrons. The lowest BCUT2D eigenvalue weighted by molar-refractivity contribution is -0.129. The van der Waals surface area contributed by atoms with Crippen molar-refractivity contribution < 1.29 is 23.8 Å². The molecule has 2 amide bonds. The molecule has 30 heavy (non-hydrogen) atoms. The molecule has 0 bridgehead atoms. The van der Waals surface area contributed by atoms with Crippen LogP contribution >= 0.6 is 0 Å². The van der Waals surface area contributed by atoms with Crippen molar-refractivity contribution in [3.8, 4) is 17.2 Å². The predicted molar refractivity (Wildman–Crippen MR) is 113 cm³/mol. The quantitative estimate of drug-likeness (QED) is 0.685. The predicted octanol–water partition coefficient (Wildman–Crippen LogP) is 2.42. The van der Waals surface area contributed by atoms with E-state index in [0.29, 0.717) is 37.6 Å². The Hall–Kier alpha value is -3.22. The number of likely N-dealkylation sites (tertiary alicyclic amines) is 1. The summed E-state index contributed by atoms with van der Waals surface area (Å²) in [6, 6.07) is 13.3. The van der Waals surface area contributed by atoms with Gasteiger partial charge < -0.3 is 24.4 Å². The highest BCUT2D eigenvalue weighted by molar-refractivity contribution is 5.89. The van der Waals surface area contributed by atoms with Gasteiger partial charge in [-0.3, -0.25) is 9.59 Å². The summed E-state index contributed by atoms with van der Waals surface area (Å²) >= 11 is 0. The van der Waals surface area contributed by atoms with Crippen molar-refractivity contribution in [3.05, 3.63) is 53.6 Å². The fraction of sp³-hybridized carbons (Fsp3) is 0.391. The Morgan fingerprint density at radius 1 is 1.03 bits per heavy atom. The van der Waals surface area contributed by atoms with Crippen molar-refractivity contribution in [2.24, 2.45) is 5.92 Å². The van der Waals surface area contributed by atoms with E-state index in [9.17, 15) is 9.59 Å². The lowest BCUT2D eigenvalue weighted by Gasteiger charge is -2.17. The van der Waals surface area contributed by atoms with Gasteiger partial charge in [-0.2, -0.15) is 0 Å². The third-order valence-corrected chi connectivity index (χ3v) is 5.35. The van der Waals surface area contributed by atoms with Crippen LogP contribution in [0.3, 0.4) is 0 Å². The Bertz CT molecular complexity index is 899. The van der Waals surface area contributed by atoms with Crippen LogP contribution in [0.25, 0.3) is 0 Å². The van der Waals surface area contributed by atoms with Gasteiger partial charge in [-0.1, -0.05) is 24.3 Å². The Morgan fingerprint density at radius 3 is 2.50 bits per heavy atom. The first-order valence-corrected chi connectivity index (χ1v) is 9.94. The summed E-state index contributed by atoms with van der Waals surface area (Å²) in [5.74, 6) is 1.63. The third-order valence-electron chi connectivity index (χ3n) is 5.35. The van der Waals surface area contributed by atoms with E-state index in [1.807, 2.05) is 42.5 Å². The number of hydrogen-bond acceptors (Lipinski definition) is 5. The number of benzene rings is 2. The average Bonchev–Trinajstić information content (AvgIpc) is 3.16. The smallest absolute Gasteiger partial charge is 0.225 e. The largest absolute Gasteiger partial charge is 0.496 e. The zero-order valence-electron chi connectivity index (χ0n) is 17.6. The molecule has 7 nitrogen and oxygen atoms in total. The fourth-order valence-electron chi connectivity index (χ4n) is 3.64. The number of carbonyl (C=O) groups is 2. The first kappa shape index (κ1) is 21.5. The number of carbonyl (C=O) groups excluding carboxylic acids is 2. The zero-order chi connectivity index (χ0) is 21.5. The van der Waals surface area contributed by atoms with E-state index in [1.165, 1.54) is 0 Å². The van der Waals surface area contributed by atoms with Crippen LogP contribution in [0.5, 0.6) is 17.2 Å². The average molecular weight is 412 g/mol. The van der Waals surface area contributed by atoms with Crippen molar-refractivity contribution in [1.82, 2.24) is 10.2 Å². The van der Waals surface area contributed by atoms with Gasteiger partial charge in [0.05, 0.1) is 27.2 Å². The molecule has 1 aliphatic rings. The van der Waals surface area contributed by atoms with E-state index in [0.717, 1.165) is 16.9 Å². The molecular formula is C23H28N2O5. The summed E-state index contributed by atoms with van der Waals surface area (Å²) in [6.07, 6.45) is 0.922. The topological polar surface area (TPSA) is 77.1 Å². The van der Waals surface area contributed by atoms with Crippen LogP contribution in [0, 0.1) is 5.92 Å². The Kier molecular flexibility index (Phi) is 7.17. The standard InChI is InChI=1S/C23H28N2O5/c1-28-19-7-5-4-6-17(19)14-24-23(27)18-13-22(26)25(15-18)11-10-16-8-9-20(29-2)21(12-16)30-3/h4-9,12,18H,10-11,13-15H2,1-3H3,(H,24,27)/t18-/m0/s1. The summed E-state index contributed by atoms with van der Waals surface area (Å²) in [5.41, 5.74) is 1.95. The third kappa shape index (κ3) is 5.03. The normalized spacial score (nSPS) is 15.8. The second-order valence-electron chi connectivity index (χ2n) is 7.21. The van der Waals surface area contributed by atoms with E-state index in [-0.39, 0.29) is 24.2 Å². The van der Waals surface area contributed by atoms with E-state index < -0.39 is 0 Å². The lowest BCUT2D eigenvalue weighted by atomic mass is 10.1. The number of nitrogens with zero attached hydrogens (tertiary/aromatic N) is 1. The number of hydrogen-bond donors (Lipinski definition) is 1. The van der Waals surface area contributed by atoms with Gasteiger partial charge >= 0.3 is 0 Å². The van der Waals surface area contributed by atoms with Crippen molar-refractivity contribution in [2.75, 3.05) is 34.4 Å². The zero-order valence-corrected chi connectivity index (χ0v) is 17.6. The Balaban J connectivity index is 1.52. The van der Waals surface area contributed by atoms with Crippen molar-refractivity contribution in [1.29, 1.82) is 0 Å². The van der Waals surface area contributed by atoms with E-state index in [4.69, 9.17) is 14.2 Å². The van der Waals surface area contributed by atoms with Crippen LogP contribution in [-0.2, 0) is 22.6 Å². The molecular weight excluding hydrogens is 384 g/mol. The van der Waals surface area contributed by atoms with Crippen LogP contribution < -0.4 is 19.5 Å². The van der Waals surface area contributed by atoms with Crippen LogP contribution in [0.4, 0.5) is 0 Å². The van der Waals surface area contributed by atoms with Gasteiger partial charge in [0, 0.05) is 31.6 Å². The molecule has 2 aromatic carbocycles. The first-order valence-electron chi connectivity index (χ1n) is 9.94. The van der Waals surface area contributed by atoms with Crippen molar-refractivity contribution in [3.63, 3.8) is 0 Å². The maximum atomic E-state index is 12.6. The molecule has 1 saturated heterocycles. The molecule has 1 fully saturated rings. The number of nitrogens with one attached hydrogen (secondary N) is 1. The van der Waals surface area contributed by atoms with Gasteiger partial charge in [0.2, 0.25) is 11.8 Å². The lowest BCUT2D eigenvalue weighted by Crippen LogP contribution is -2.33. The molecule has 0 saturated carbocycles. The molecule has 1 aliphatic heterocycles. The second kappa shape index (κ2) is 10.0. The van der Waals surface area contributed by atoms with Gasteiger partial charge in [0.25, 0.3) is 0 Å².